The van der Waals surface area contributed by atoms with E-state index in [0.717, 1.165) is 39.0 Å². The summed E-state index contributed by atoms with van der Waals surface area (Å²) >= 11 is 1.75. The van der Waals surface area contributed by atoms with Gasteiger partial charge in [-0.2, -0.15) is 0 Å². The summed E-state index contributed by atoms with van der Waals surface area (Å²) in [6, 6.07) is 50.8. The molecule has 0 spiro atoms. The number of rotatable bonds is 17. The van der Waals surface area contributed by atoms with Crippen molar-refractivity contribution in [2.45, 2.75) is 76.0 Å². The highest BCUT2D eigenvalue weighted by atomic mass is 32.1. The van der Waals surface area contributed by atoms with Gasteiger partial charge in [0.25, 0.3) is 0 Å². The van der Waals surface area contributed by atoms with Gasteiger partial charge in [-0.15, -0.1) is 11.3 Å². The molecule has 2 aliphatic carbocycles. The molecule has 0 radical (unpaired) electrons. The predicted molar refractivity (Wildman–Crippen MR) is 237 cm³/mol. The second-order valence-corrected chi connectivity index (χ2v) is 16.8. The van der Waals surface area contributed by atoms with E-state index in [2.05, 4.69) is 31.2 Å². The molecule has 2 aliphatic rings. The first-order chi connectivity index (χ1) is 29.4. The number of thiophene rings is 1. The highest BCUT2D eigenvalue weighted by molar-refractivity contribution is 7.12. The number of allylic oxidation sites excluding steroid dienone is 4. The van der Waals surface area contributed by atoms with Gasteiger partial charge in [0, 0.05) is 22.1 Å². The van der Waals surface area contributed by atoms with E-state index in [1.54, 1.807) is 23.5 Å². The smallest absolute Gasteiger partial charge is 0.137 e. The number of benzene rings is 5. The minimum absolute atomic E-state index is 0.165. The summed E-state index contributed by atoms with van der Waals surface area (Å²) in [7, 11) is 0. The zero-order valence-corrected chi connectivity index (χ0v) is 34.7. The lowest BCUT2D eigenvalue weighted by Crippen LogP contribution is -2.57. The summed E-state index contributed by atoms with van der Waals surface area (Å²) < 4.78 is 41.0. The van der Waals surface area contributed by atoms with E-state index >= 15 is 0 Å². The number of hydrogen-bond acceptors (Lipinski definition) is 6. The summed E-state index contributed by atoms with van der Waals surface area (Å²) in [6.07, 6.45) is 6.18. The molecule has 1 N–H and O–H groups in total. The second-order valence-electron chi connectivity index (χ2n) is 15.6. The fourth-order valence-electron chi connectivity index (χ4n) is 7.98. The maximum absolute atomic E-state index is 13.7. The Balaban J connectivity index is 1.19. The van der Waals surface area contributed by atoms with Gasteiger partial charge in [-0.3, -0.25) is 0 Å². The third-order valence-corrected chi connectivity index (χ3v) is 12.5. The molecular weight excluding hydrogens is 768 g/mol. The SMILES string of the molecule is Cc1ccc([C@]2(O)C=C(COCc3ccccc3)[C@@H](OCc3ccccc3)[C@H](OCc3ccccc3)[C@H]2OCc2ccccc2)cc1Cc1ccc(C2C=CC(F)=CC2)s1. The first-order valence-corrected chi connectivity index (χ1v) is 21.5. The van der Waals surface area contributed by atoms with Gasteiger partial charge in [0.15, 0.2) is 0 Å². The Hall–Kier alpha value is -5.25. The van der Waals surface area contributed by atoms with Crippen LogP contribution in [-0.2, 0) is 57.4 Å². The van der Waals surface area contributed by atoms with Crippen LogP contribution in [0.4, 0.5) is 4.39 Å². The lowest BCUT2D eigenvalue weighted by Gasteiger charge is -2.46. The van der Waals surface area contributed by atoms with E-state index in [1.807, 2.05) is 140 Å². The monoisotopic (exact) mass is 818 g/mol. The standard InChI is InChI=1S/C53H51FO5S/c1-38-22-25-46(30-44(38)31-48-28-29-49(60-48)43-23-26-47(54)27-24-43)53(55)32-45(37-56-33-39-14-6-2-7-15-39)50(57-34-40-16-8-3-9-17-40)51(58-35-41-18-10-4-11-19-41)52(53)59-36-42-20-12-5-13-21-42/h2-23,25-30,32,43,50-52,55H,24,31,33-37H2,1H3/t43?,50-,51+,52-,53-/m1/s1. The number of hydrogen-bond donors (Lipinski definition) is 1. The summed E-state index contributed by atoms with van der Waals surface area (Å²) in [4.78, 5) is 2.41. The first-order valence-electron chi connectivity index (χ1n) is 20.7. The third kappa shape index (κ3) is 10.4. The molecule has 1 heterocycles. The molecule has 5 nitrogen and oxygen atoms in total. The molecule has 6 aromatic rings. The zero-order chi connectivity index (χ0) is 41.2. The van der Waals surface area contributed by atoms with Crippen LogP contribution in [0.5, 0.6) is 0 Å². The molecule has 0 aliphatic heterocycles. The molecule has 5 atom stereocenters. The van der Waals surface area contributed by atoms with Crippen molar-refractivity contribution in [3.63, 3.8) is 0 Å². The minimum atomic E-state index is -1.64. The van der Waals surface area contributed by atoms with Crippen LogP contribution in [0.2, 0.25) is 0 Å². The Morgan fingerprint density at radius 1 is 0.667 bits per heavy atom. The molecule has 0 saturated carbocycles. The second kappa shape index (κ2) is 19.9. The molecule has 8 rings (SSSR count). The van der Waals surface area contributed by atoms with Gasteiger partial charge in [0.1, 0.15) is 29.7 Å². The van der Waals surface area contributed by atoms with Gasteiger partial charge in [-0.1, -0.05) is 146 Å². The molecule has 0 bridgehead atoms. The molecule has 1 unspecified atom stereocenters. The molecule has 0 fully saturated rings. The van der Waals surface area contributed by atoms with Crippen molar-refractivity contribution in [3.8, 4) is 0 Å². The maximum Gasteiger partial charge on any atom is 0.137 e. The number of aryl methyl sites for hydroxylation is 1. The van der Waals surface area contributed by atoms with Gasteiger partial charge in [0.05, 0.1) is 33.0 Å². The number of ether oxygens (including phenoxy) is 4. The Morgan fingerprint density at radius 2 is 1.25 bits per heavy atom. The minimum Gasteiger partial charge on any atom is -0.378 e. The van der Waals surface area contributed by atoms with Gasteiger partial charge in [-0.25, -0.2) is 4.39 Å². The molecule has 0 saturated heterocycles. The average molecular weight is 819 g/mol. The molecule has 1 aromatic heterocycles. The molecule has 306 valence electrons. The van der Waals surface area contributed by atoms with Gasteiger partial charge < -0.3 is 24.1 Å². The van der Waals surface area contributed by atoms with Crippen molar-refractivity contribution in [3.05, 3.63) is 236 Å². The number of halogens is 1. The average Bonchev–Trinajstić information content (AvgIpc) is 3.76. The van der Waals surface area contributed by atoms with Crippen LogP contribution in [0.25, 0.3) is 0 Å². The highest BCUT2D eigenvalue weighted by Crippen LogP contribution is 2.43. The Kier molecular flexibility index (Phi) is 13.7. The van der Waals surface area contributed by atoms with Crippen molar-refractivity contribution < 1.29 is 28.4 Å². The van der Waals surface area contributed by atoms with Gasteiger partial charge >= 0.3 is 0 Å². The molecule has 7 heteroatoms. The van der Waals surface area contributed by atoms with Crippen LogP contribution < -0.4 is 0 Å². The maximum atomic E-state index is 13.7. The Bertz CT molecular complexity index is 2380. The summed E-state index contributed by atoms with van der Waals surface area (Å²) in [6.45, 7) is 3.58. The van der Waals surface area contributed by atoms with Crippen LogP contribution in [0.3, 0.4) is 0 Å². The molecule has 0 amide bonds. The third-order valence-electron chi connectivity index (χ3n) is 11.3. The largest absolute Gasteiger partial charge is 0.378 e. The normalized spacial score (nSPS) is 21.4. The fourth-order valence-corrected chi connectivity index (χ4v) is 9.11. The van der Waals surface area contributed by atoms with Crippen molar-refractivity contribution in [2.24, 2.45) is 0 Å². The Morgan fingerprint density at radius 3 is 1.85 bits per heavy atom. The van der Waals surface area contributed by atoms with Crippen LogP contribution >= 0.6 is 11.3 Å². The van der Waals surface area contributed by atoms with E-state index in [0.29, 0.717) is 31.6 Å². The van der Waals surface area contributed by atoms with E-state index < -0.39 is 23.9 Å². The lowest BCUT2D eigenvalue weighted by molar-refractivity contribution is -0.204. The zero-order valence-electron chi connectivity index (χ0n) is 33.9. The van der Waals surface area contributed by atoms with E-state index in [-0.39, 0.29) is 31.6 Å². The Labute approximate surface area is 357 Å². The van der Waals surface area contributed by atoms with Crippen molar-refractivity contribution in [2.75, 3.05) is 6.61 Å². The first kappa shape index (κ1) is 41.5. The summed E-state index contributed by atoms with van der Waals surface area (Å²) in [5.74, 6) is -0.0115. The quantitative estimate of drug-likeness (QED) is 0.0929. The van der Waals surface area contributed by atoms with E-state index in [9.17, 15) is 9.50 Å². The van der Waals surface area contributed by atoms with Crippen LogP contribution in [0.1, 0.15) is 61.0 Å². The topological polar surface area (TPSA) is 57.2 Å². The summed E-state index contributed by atoms with van der Waals surface area (Å²) in [5.41, 5.74) is 6.11. The molecular formula is C53H51FO5S. The molecule has 5 aromatic carbocycles. The summed E-state index contributed by atoms with van der Waals surface area (Å²) in [5, 5.41) is 13.5. The highest BCUT2D eigenvalue weighted by Gasteiger charge is 2.52. The van der Waals surface area contributed by atoms with Gasteiger partial charge in [0.2, 0.25) is 0 Å². The van der Waals surface area contributed by atoms with Gasteiger partial charge in [-0.05, 0) is 88.2 Å². The predicted octanol–water partition coefficient (Wildman–Crippen LogP) is 11.6. The van der Waals surface area contributed by atoms with E-state index in [4.69, 9.17) is 18.9 Å². The van der Waals surface area contributed by atoms with E-state index in [1.165, 1.54) is 9.75 Å². The fraction of sp³-hybridized carbons (Fsp3) is 0.245. The van der Waals surface area contributed by atoms with Crippen LogP contribution in [-0.4, -0.2) is 30.0 Å². The van der Waals surface area contributed by atoms with Crippen molar-refractivity contribution >= 4 is 11.3 Å². The number of aliphatic hydroxyl groups is 1. The van der Waals surface area contributed by atoms with Crippen molar-refractivity contribution in [1.29, 1.82) is 0 Å². The lowest BCUT2D eigenvalue weighted by atomic mass is 9.75. The van der Waals surface area contributed by atoms with Crippen LogP contribution in [0.15, 0.2) is 187 Å². The van der Waals surface area contributed by atoms with Crippen molar-refractivity contribution in [1.82, 2.24) is 0 Å². The molecule has 60 heavy (non-hydrogen) atoms. The van der Waals surface area contributed by atoms with Crippen LogP contribution in [0, 0.1) is 6.92 Å².